The average Bonchev–Trinajstić information content (AvgIpc) is 3.32. The summed E-state index contributed by atoms with van der Waals surface area (Å²) in [6.45, 7) is 0. The molecule has 128 valence electrons. The number of rotatable bonds is 3. The standard InChI is InChI=1S/C19H15ClN6/c1-26-7-5-15(25-26)11-2-3-16-18(8-11)24-19(23-16)22-12-9-14(20)13-4-6-21-17(13)10-12/h2-10,21H,1H3,(H2,22,23,24). The number of anilines is 2. The Bertz CT molecular complexity index is 1250. The molecule has 0 bridgehead atoms. The second-order valence-corrected chi connectivity index (χ2v) is 6.62. The number of nitrogens with zero attached hydrogens (tertiary/aromatic N) is 3. The number of hydrogen-bond donors (Lipinski definition) is 3. The highest BCUT2D eigenvalue weighted by molar-refractivity contribution is 6.35. The Balaban J connectivity index is 1.50. The van der Waals surface area contributed by atoms with Gasteiger partial charge in [0.05, 0.1) is 21.7 Å². The van der Waals surface area contributed by atoms with Crippen LogP contribution in [-0.4, -0.2) is 24.7 Å². The van der Waals surface area contributed by atoms with Crippen LogP contribution in [0, 0.1) is 0 Å². The Morgan fingerprint density at radius 2 is 2.00 bits per heavy atom. The van der Waals surface area contributed by atoms with E-state index in [9.17, 15) is 0 Å². The van der Waals surface area contributed by atoms with E-state index in [4.69, 9.17) is 11.6 Å². The molecule has 0 aliphatic heterocycles. The van der Waals surface area contributed by atoms with Gasteiger partial charge in [-0.1, -0.05) is 17.7 Å². The van der Waals surface area contributed by atoms with E-state index in [1.165, 1.54) is 0 Å². The maximum absolute atomic E-state index is 6.34. The van der Waals surface area contributed by atoms with Crippen molar-refractivity contribution in [2.45, 2.75) is 0 Å². The van der Waals surface area contributed by atoms with E-state index in [2.05, 4.69) is 25.4 Å². The average molecular weight is 363 g/mol. The lowest BCUT2D eigenvalue weighted by atomic mass is 10.1. The van der Waals surface area contributed by atoms with Gasteiger partial charge in [-0.2, -0.15) is 5.10 Å². The minimum atomic E-state index is 0.667. The molecule has 5 aromatic rings. The first-order chi connectivity index (χ1) is 12.7. The van der Waals surface area contributed by atoms with E-state index in [0.29, 0.717) is 11.0 Å². The van der Waals surface area contributed by atoms with Gasteiger partial charge in [0.25, 0.3) is 0 Å². The molecule has 0 saturated heterocycles. The molecule has 0 amide bonds. The van der Waals surface area contributed by atoms with Gasteiger partial charge >= 0.3 is 0 Å². The summed E-state index contributed by atoms with van der Waals surface area (Å²) in [6, 6.07) is 13.9. The van der Waals surface area contributed by atoms with Gasteiger partial charge < -0.3 is 15.3 Å². The number of aromatic nitrogens is 5. The number of aromatic amines is 2. The van der Waals surface area contributed by atoms with Crippen molar-refractivity contribution in [1.29, 1.82) is 0 Å². The van der Waals surface area contributed by atoms with Gasteiger partial charge in [-0.05, 0) is 36.4 Å². The first-order valence-corrected chi connectivity index (χ1v) is 8.57. The van der Waals surface area contributed by atoms with Crippen molar-refractivity contribution in [2.24, 2.45) is 7.05 Å². The van der Waals surface area contributed by atoms with Crippen LogP contribution >= 0.6 is 11.6 Å². The predicted molar refractivity (Wildman–Crippen MR) is 105 cm³/mol. The number of benzene rings is 2. The Hall–Kier alpha value is -3.25. The number of nitrogens with one attached hydrogen (secondary N) is 3. The number of halogens is 1. The van der Waals surface area contributed by atoms with Crippen molar-refractivity contribution < 1.29 is 0 Å². The molecule has 2 aromatic carbocycles. The fourth-order valence-corrected chi connectivity index (χ4v) is 3.41. The highest BCUT2D eigenvalue weighted by Gasteiger charge is 2.09. The van der Waals surface area contributed by atoms with Gasteiger partial charge in [0.2, 0.25) is 5.95 Å². The van der Waals surface area contributed by atoms with E-state index in [0.717, 1.165) is 38.9 Å². The molecule has 3 heterocycles. The number of imidazole rings is 1. The predicted octanol–water partition coefficient (Wildman–Crippen LogP) is 4.84. The monoisotopic (exact) mass is 362 g/mol. The SMILES string of the molecule is Cn1ccc(-c2ccc3[nH]c(Nc4cc(Cl)c5cc[nH]c5c4)nc3c2)n1. The molecule has 0 fully saturated rings. The fourth-order valence-electron chi connectivity index (χ4n) is 3.12. The molecule has 26 heavy (non-hydrogen) atoms. The van der Waals surface area contributed by atoms with Crippen molar-refractivity contribution in [3.8, 4) is 11.3 Å². The largest absolute Gasteiger partial charge is 0.361 e. The molecule has 0 aliphatic carbocycles. The first-order valence-electron chi connectivity index (χ1n) is 8.19. The lowest BCUT2D eigenvalue weighted by molar-refractivity contribution is 0.771. The van der Waals surface area contributed by atoms with E-state index in [1.54, 1.807) is 4.68 Å². The molecule has 6 nitrogen and oxygen atoms in total. The molecule has 3 aromatic heterocycles. The summed E-state index contributed by atoms with van der Waals surface area (Å²) in [7, 11) is 1.91. The smallest absolute Gasteiger partial charge is 0.205 e. The fraction of sp³-hybridized carbons (Fsp3) is 0.0526. The molecular formula is C19H15ClN6. The zero-order valence-electron chi connectivity index (χ0n) is 13.9. The highest BCUT2D eigenvalue weighted by atomic mass is 35.5. The summed E-state index contributed by atoms with van der Waals surface area (Å²) in [5.74, 6) is 0.667. The summed E-state index contributed by atoms with van der Waals surface area (Å²) >= 11 is 6.34. The molecule has 0 saturated carbocycles. The van der Waals surface area contributed by atoms with Crippen LogP contribution < -0.4 is 5.32 Å². The van der Waals surface area contributed by atoms with Crippen LogP contribution in [0.5, 0.6) is 0 Å². The van der Waals surface area contributed by atoms with Crippen LogP contribution in [0.15, 0.2) is 54.9 Å². The van der Waals surface area contributed by atoms with Crippen LogP contribution in [0.4, 0.5) is 11.6 Å². The summed E-state index contributed by atoms with van der Waals surface area (Å²) in [6.07, 6.45) is 3.80. The van der Waals surface area contributed by atoms with Gasteiger partial charge in [0.1, 0.15) is 0 Å². The number of aryl methyl sites for hydroxylation is 1. The molecule has 5 rings (SSSR count). The molecule has 0 radical (unpaired) electrons. The Morgan fingerprint density at radius 3 is 2.85 bits per heavy atom. The van der Waals surface area contributed by atoms with Crippen molar-refractivity contribution in [2.75, 3.05) is 5.32 Å². The zero-order valence-corrected chi connectivity index (χ0v) is 14.7. The third-order valence-corrected chi connectivity index (χ3v) is 4.69. The molecule has 7 heteroatoms. The van der Waals surface area contributed by atoms with Crippen LogP contribution in [-0.2, 0) is 7.05 Å². The first kappa shape index (κ1) is 15.0. The number of hydrogen-bond acceptors (Lipinski definition) is 3. The Kier molecular flexibility index (Phi) is 3.26. The van der Waals surface area contributed by atoms with E-state index in [-0.39, 0.29) is 0 Å². The third kappa shape index (κ3) is 2.51. The van der Waals surface area contributed by atoms with Crippen molar-refractivity contribution in [3.63, 3.8) is 0 Å². The maximum Gasteiger partial charge on any atom is 0.205 e. The van der Waals surface area contributed by atoms with Gasteiger partial charge in [-0.15, -0.1) is 0 Å². The van der Waals surface area contributed by atoms with Crippen molar-refractivity contribution in [1.82, 2.24) is 24.7 Å². The lowest BCUT2D eigenvalue weighted by Gasteiger charge is -2.04. The van der Waals surface area contributed by atoms with E-state index < -0.39 is 0 Å². The Morgan fingerprint density at radius 1 is 1.08 bits per heavy atom. The van der Waals surface area contributed by atoms with Gasteiger partial charge in [0, 0.05) is 41.6 Å². The second kappa shape index (κ2) is 5.64. The van der Waals surface area contributed by atoms with Crippen LogP contribution in [0.25, 0.3) is 33.2 Å². The highest BCUT2D eigenvalue weighted by Crippen LogP contribution is 2.29. The van der Waals surface area contributed by atoms with Crippen molar-refractivity contribution in [3.05, 3.63) is 59.9 Å². The molecule has 3 N–H and O–H groups in total. The number of fused-ring (bicyclic) bond motifs is 2. The summed E-state index contributed by atoms with van der Waals surface area (Å²) in [5, 5.41) is 9.43. The molecule has 0 spiro atoms. The maximum atomic E-state index is 6.34. The quantitative estimate of drug-likeness (QED) is 0.430. The van der Waals surface area contributed by atoms with Gasteiger partial charge in [-0.3, -0.25) is 4.68 Å². The van der Waals surface area contributed by atoms with Gasteiger partial charge in [-0.25, -0.2) is 4.98 Å². The summed E-state index contributed by atoms with van der Waals surface area (Å²) in [4.78, 5) is 11.1. The molecule has 0 unspecified atom stereocenters. The summed E-state index contributed by atoms with van der Waals surface area (Å²) in [5.41, 5.74) is 5.65. The minimum Gasteiger partial charge on any atom is -0.361 e. The second-order valence-electron chi connectivity index (χ2n) is 6.21. The van der Waals surface area contributed by atoms with E-state index in [1.807, 2.05) is 61.9 Å². The topological polar surface area (TPSA) is 74.3 Å². The summed E-state index contributed by atoms with van der Waals surface area (Å²) < 4.78 is 1.79. The van der Waals surface area contributed by atoms with E-state index >= 15 is 0 Å². The lowest BCUT2D eigenvalue weighted by Crippen LogP contribution is -1.92. The van der Waals surface area contributed by atoms with Crippen LogP contribution in [0.1, 0.15) is 0 Å². The van der Waals surface area contributed by atoms with Gasteiger partial charge in [0.15, 0.2) is 0 Å². The molecule has 0 aliphatic rings. The zero-order chi connectivity index (χ0) is 17.7. The normalized spacial score (nSPS) is 11.5. The minimum absolute atomic E-state index is 0.667. The third-order valence-electron chi connectivity index (χ3n) is 4.37. The van der Waals surface area contributed by atoms with Crippen LogP contribution in [0.3, 0.4) is 0 Å². The van der Waals surface area contributed by atoms with Crippen LogP contribution in [0.2, 0.25) is 5.02 Å². The molecular weight excluding hydrogens is 348 g/mol. The Labute approximate surface area is 153 Å². The number of H-pyrrole nitrogens is 2. The van der Waals surface area contributed by atoms with Crippen molar-refractivity contribution >= 4 is 45.2 Å². The molecule has 0 atom stereocenters.